The van der Waals surface area contributed by atoms with Gasteiger partial charge < -0.3 is 0 Å². The summed E-state index contributed by atoms with van der Waals surface area (Å²) in [7, 11) is 0. The molecule has 0 spiro atoms. The predicted molar refractivity (Wildman–Crippen MR) is 64.4 cm³/mol. The van der Waals surface area contributed by atoms with Crippen LogP contribution >= 0.6 is 11.3 Å². The lowest BCUT2D eigenvalue weighted by molar-refractivity contribution is -0.118. The van der Waals surface area contributed by atoms with Gasteiger partial charge in [-0.3, -0.25) is 4.79 Å². The summed E-state index contributed by atoms with van der Waals surface area (Å²) in [5.41, 5.74) is 1.18. The van der Waals surface area contributed by atoms with Gasteiger partial charge in [0.2, 0.25) is 0 Å². The first-order chi connectivity index (χ1) is 6.93. The standard InChI is InChI=1S/C12H19NOS/c1-5-6-9(14)7-11-13-10(8-15-11)12(2,3)4/h8H,5-7H2,1-4H3. The molecule has 1 aromatic rings. The molecule has 1 rings (SSSR count). The van der Waals surface area contributed by atoms with Crippen molar-refractivity contribution in [2.24, 2.45) is 0 Å². The second-order valence-electron chi connectivity index (χ2n) is 4.84. The minimum Gasteiger partial charge on any atom is -0.299 e. The topological polar surface area (TPSA) is 30.0 Å². The van der Waals surface area contributed by atoms with Gasteiger partial charge >= 0.3 is 0 Å². The summed E-state index contributed by atoms with van der Waals surface area (Å²) in [5, 5.41) is 3.02. The molecule has 15 heavy (non-hydrogen) atoms. The van der Waals surface area contributed by atoms with Gasteiger partial charge in [0.05, 0.1) is 12.1 Å². The van der Waals surface area contributed by atoms with E-state index in [4.69, 9.17) is 0 Å². The van der Waals surface area contributed by atoms with E-state index >= 15 is 0 Å². The third-order valence-electron chi connectivity index (χ3n) is 2.20. The van der Waals surface area contributed by atoms with Crippen LogP contribution in [0.4, 0.5) is 0 Å². The lowest BCUT2D eigenvalue weighted by Gasteiger charge is -2.14. The van der Waals surface area contributed by atoms with Crippen LogP contribution in [0.25, 0.3) is 0 Å². The van der Waals surface area contributed by atoms with Gasteiger partial charge in [-0.2, -0.15) is 0 Å². The number of aromatic nitrogens is 1. The zero-order valence-electron chi connectivity index (χ0n) is 9.96. The third-order valence-corrected chi connectivity index (χ3v) is 3.05. The number of carbonyl (C=O) groups is 1. The third kappa shape index (κ3) is 3.74. The molecule has 0 aliphatic heterocycles. The summed E-state index contributed by atoms with van der Waals surface area (Å²) in [6.45, 7) is 8.44. The Balaban J connectivity index is 2.65. The van der Waals surface area contributed by atoms with Gasteiger partial charge in [0.1, 0.15) is 10.8 Å². The number of ketones is 1. The number of carbonyl (C=O) groups excluding carboxylic acids is 1. The number of hydrogen-bond donors (Lipinski definition) is 0. The molecule has 0 unspecified atom stereocenters. The molecule has 1 aromatic heterocycles. The second-order valence-corrected chi connectivity index (χ2v) is 5.78. The molecule has 0 fully saturated rings. The summed E-state index contributed by atoms with van der Waals surface area (Å²) in [6, 6.07) is 0. The molecule has 0 saturated heterocycles. The zero-order valence-corrected chi connectivity index (χ0v) is 10.8. The van der Waals surface area contributed by atoms with Crippen molar-refractivity contribution in [1.82, 2.24) is 4.98 Å². The molecule has 84 valence electrons. The number of rotatable bonds is 4. The largest absolute Gasteiger partial charge is 0.299 e. The van der Waals surface area contributed by atoms with Crippen molar-refractivity contribution in [3.63, 3.8) is 0 Å². The first kappa shape index (κ1) is 12.4. The first-order valence-corrected chi connectivity index (χ1v) is 6.28. The van der Waals surface area contributed by atoms with E-state index in [0.29, 0.717) is 18.6 Å². The molecule has 0 atom stereocenters. The molecule has 2 nitrogen and oxygen atoms in total. The summed E-state index contributed by atoms with van der Waals surface area (Å²) in [6.07, 6.45) is 2.11. The minimum atomic E-state index is 0.0859. The van der Waals surface area contributed by atoms with Crippen LogP contribution in [0.1, 0.15) is 51.2 Å². The van der Waals surface area contributed by atoms with Gasteiger partial charge in [-0.1, -0.05) is 27.7 Å². The zero-order chi connectivity index (χ0) is 11.5. The Morgan fingerprint density at radius 3 is 2.60 bits per heavy atom. The highest BCUT2D eigenvalue weighted by molar-refractivity contribution is 7.09. The molecule has 0 aliphatic rings. The van der Waals surface area contributed by atoms with E-state index in [0.717, 1.165) is 17.1 Å². The van der Waals surface area contributed by atoms with Crippen molar-refractivity contribution in [2.45, 2.75) is 52.4 Å². The Hall–Kier alpha value is -0.700. The molecular formula is C12H19NOS. The van der Waals surface area contributed by atoms with E-state index < -0.39 is 0 Å². The predicted octanol–water partition coefficient (Wildman–Crippen LogP) is 3.35. The second kappa shape index (κ2) is 4.88. The summed E-state index contributed by atoms with van der Waals surface area (Å²) >= 11 is 1.60. The van der Waals surface area contributed by atoms with E-state index in [1.54, 1.807) is 11.3 Å². The molecule has 0 saturated carbocycles. The number of hydrogen-bond acceptors (Lipinski definition) is 3. The number of nitrogens with zero attached hydrogens (tertiary/aromatic N) is 1. The Morgan fingerprint density at radius 1 is 1.47 bits per heavy atom. The van der Waals surface area contributed by atoms with E-state index in [-0.39, 0.29) is 5.41 Å². The van der Waals surface area contributed by atoms with Crippen LogP contribution in [0.2, 0.25) is 0 Å². The first-order valence-electron chi connectivity index (χ1n) is 5.40. The molecular weight excluding hydrogens is 206 g/mol. The Labute approximate surface area is 95.7 Å². The summed E-state index contributed by atoms with van der Waals surface area (Å²) in [5.74, 6) is 0.298. The van der Waals surface area contributed by atoms with E-state index in [1.807, 2.05) is 6.92 Å². The maximum Gasteiger partial charge on any atom is 0.139 e. The van der Waals surface area contributed by atoms with Gasteiger partial charge in [0.25, 0.3) is 0 Å². The SMILES string of the molecule is CCCC(=O)Cc1nc(C(C)(C)C)cs1. The molecule has 1 heterocycles. The highest BCUT2D eigenvalue weighted by Crippen LogP contribution is 2.24. The van der Waals surface area contributed by atoms with Crippen molar-refractivity contribution in [1.29, 1.82) is 0 Å². The maximum atomic E-state index is 11.4. The molecule has 3 heteroatoms. The average molecular weight is 225 g/mol. The van der Waals surface area contributed by atoms with E-state index in [1.165, 1.54) is 0 Å². The smallest absolute Gasteiger partial charge is 0.139 e. The van der Waals surface area contributed by atoms with Crippen molar-refractivity contribution < 1.29 is 4.79 Å². The van der Waals surface area contributed by atoms with Crippen molar-refractivity contribution in [2.75, 3.05) is 0 Å². The van der Waals surface area contributed by atoms with Crippen LogP contribution in [0.15, 0.2) is 5.38 Å². The molecule has 0 radical (unpaired) electrons. The average Bonchev–Trinajstić information content (AvgIpc) is 2.52. The Bertz CT molecular complexity index is 336. The van der Waals surface area contributed by atoms with Gasteiger partial charge in [0, 0.05) is 17.2 Å². The highest BCUT2D eigenvalue weighted by Gasteiger charge is 2.17. The van der Waals surface area contributed by atoms with Crippen LogP contribution in [0.3, 0.4) is 0 Å². The summed E-state index contributed by atoms with van der Waals surface area (Å²) in [4.78, 5) is 15.9. The van der Waals surface area contributed by atoms with Crippen LogP contribution in [-0.2, 0) is 16.6 Å². The monoisotopic (exact) mass is 225 g/mol. The quantitative estimate of drug-likeness (QED) is 0.786. The van der Waals surface area contributed by atoms with Crippen molar-refractivity contribution in [3.05, 3.63) is 16.1 Å². The minimum absolute atomic E-state index is 0.0859. The summed E-state index contributed by atoms with van der Waals surface area (Å²) < 4.78 is 0. The lowest BCUT2D eigenvalue weighted by atomic mass is 9.93. The maximum absolute atomic E-state index is 11.4. The molecule has 0 bridgehead atoms. The van der Waals surface area contributed by atoms with Crippen LogP contribution in [0, 0.1) is 0 Å². The highest BCUT2D eigenvalue weighted by atomic mass is 32.1. The van der Waals surface area contributed by atoms with Gasteiger partial charge in [0.15, 0.2) is 0 Å². The van der Waals surface area contributed by atoms with Crippen LogP contribution in [-0.4, -0.2) is 10.8 Å². The number of thiazole rings is 1. The molecule has 0 aliphatic carbocycles. The fourth-order valence-electron chi connectivity index (χ4n) is 1.27. The Morgan fingerprint density at radius 2 is 2.13 bits per heavy atom. The normalized spacial score (nSPS) is 11.7. The van der Waals surface area contributed by atoms with Crippen molar-refractivity contribution in [3.8, 4) is 0 Å². The fourth-order valence-corrected chi connectivity index (χ4v) is 2.32. The van der Waals surface area contributed by atoms with Crippen molar-refractivity contribution >= 4 is 17.1 Å². The van der Waals surface area contributed by atoms with E-state index in [2.05, 4.69) is 31.1 Å². The molecule has 0 aromatic carbocycles. The van der Waals surface area contributed by atoms with Gasteiger partial charge in [-0.25, -0.2) is 4.98 Å². The Kier molecular flexibility index (Phi) is 4.03. The number of Topliss-reactive ketones (excluding diaryl/α,β-unsaturated/α-hetero) is 1. The van der Waals surface area contributed by atoms with Crippen LogP contribution < -0.4 is 0 Å². The lowest BCUT2D eigenvalue weighted by Crippen LogP contribution is -2.12. The van der Waals surface area contributed by atoms with Gasteiger partial charge in [-0.05, 0) is 6.42 Å². The van der Waals surface area contributed by atoms with Gasteiger partial charge in [-0.15, -0.1) is 11.3 Å². The molecule has 0 amide bonds. The molecule has 0 N–H and O–H groups in total. The van der Waals surface area contributed by atoms with Crippen LogP contribution in [0.5, 0.6) is 0 Å². The van der Waals surface area contributed by atoms with E-state index in [9.17, 15) is 4.79 Å². The fraction of sp³-hybridized carbons (Fsp3) is 0.667.